The van der Waals surface area contributed by atoms with E-state index in [1.54, 1.807) is 6.20 Å². The summed E-state index contributed by atoms with van der Waals surface area (Å²) in [6.45, 7) is 7.89. The molecule has 6 heteroatoms. The smallest absolute Gasteiger partial charge is 0.223 e. The van der Waals surface area contributed by atoms with Gasteiger partial charge in [0.15, 0.2) is 11.7 Å². The van der Waals surface area contributed by atoms with E-state index in [2.05, 4.69) is 23.7 Å². The number of carbonyl (C=O) groups excluding carboxylic acids is 1. The van der Waals surface area contributed by atoms with E-state index < -0.39 is 0 Å². The van der Waals surface area contributed by atoms with Crippen molar-refractivity contribution in [1.82, 2.24) is 14.8 Å². The Kier molecular flexibility index (Phi) is 5.76. The Labute approximate surface area is 153 Å². The number of aryl methyl sites for hydroxylation is 1. The Morgan fingerprint density at radius 3 is 2.52 bits per heavy atom. The van der Waals surface area contributed by atoms with Gasteiger partial charge in [-0.2, -0.15) is 0 Å². The fraction of sp³-hybridized carbons (Fsp3) is 0.474. The van der Waals surface area contributed by atoms with Crippen molar-refractivity contribution in [1.29, 1.82) is 0 Å². The number of halogens is 1. The summed E-state index contributed by atoms with van der Waals surface area (Å²) >= 11 is 5.90. The summed E-state index contributed by atoms with van der Waals surface area (Å²) < 4.78 is 5.76. The van der Waals surface area contributed by atoms with Crippen LogP contribution < -0.4 is 0 Å². The van der Waals surface area contributed by atoms with Crippen molar-refractivity contribution < 1.29 is 9.21 Å². The normalized spacial score (nSPS) is 15.8. The van der Waals surface area contributed by atoms with Crippen molar-refractivity contribution in [3.8, 4) is 11.3 Å². The second-order valence-corrected chi connectivity index (χ2v) is 7.07. The molecule has 0 radical (unpaired) electrons. The number of benzene rings is 1. The molecule has 1 aromatic heterocycles. The van der Waals surface area contributed by atoms with E-state index in [9.17, 15) is 4.79 Å². The number of aromatic nitrogens is 1. The standard InChI is InChI=1S/C19H24ClN3O2/c1-14(2)22-9-11-23(12-10-22)19(24)8-7-18-21-13-17(25-18)15-3-5-16(20)6-4-15/h3-6,13-14H,7-12H2,1-2H3. The van der Waals surface area contributed by atoms with Crippen molar-refractivity contribution in [3.05, 3.63) is 41.4 Å². The highest BCUT2D eigenvalue weighted by Crippen LogP contribution is 2.22. The van der Waals surface area contributed by atoms with Crippen molar-refractivity contribution in [3.63, 3.8) is 0 Å². The monoisotopic (exact) mass is 361 g/mol. The Hall–Kier alpha value is -1.85. The quantitative estimate of drug-likeness (QED) is 0.818. The van der Waals surface area contributed by atoms with Crippen LogP contribution in [0.1, 0.15) is 26.2 Å². The lowest BCUT2D eigenvalue weighted by molar-refractivity contribution is -0.133. The SMILES string of the molecule is CC(C)N1CCN(C(=O)CCc2ncc(-c3ccc(Cl)cc3)o2)CC1. The van der Waals surface area contributed by atoms with Crippen molar-refractivity contribution >= 4 is 17.5 Å². The van der Waals surface area contributed by atoms with Crippen molar-refractivity contribution in [2.24, 2.45) is 0 Å². The van der Waals surface area contributed by atoms with Gasteiger partial charge in [0.05, 0.1) is 6.20 Å². The number of oxazole rings is 1. The molecule has 1 aliphatic heterocycles. The first-order chi connectivity index (χ1) is 12.0. The van der Waals surface area contributed by atoms with E-state index in [1.807, 2.05) is 29.2 Å². The van der Waals surface area contributed by atoms with Gasteiger partial charge in [-0.3, -0.25) is 9.69 Å². The minimum absolute atomic E-state index is 0.176. The molecule has 0 saturated carbocycles. The maximum atomic E-state index is 12.4. The molecule has 0 aliphatic carbocycles. The van der Waals surface area contributed by atoms with Crippen LogP contribution in [-0.4, -0.2) is 52.9 Å². The lowest BCUT2D eigenvalue weighted by atomic mass is 10.2. The van der Waals surface area contributed by atoms with Crippen LogP contribution in [0.2, 0.25) is 5.02 Å². The highest BCUT2D eigenvalue weighted by molar-refractivity contribution is 6.30. The minimum Gasteiger partial charge on any atom is -0.441 e. The van der Waals surface area contributed by atoms with Gasteiger partial charge >= 0.3 is 0 Å². The van der Waals surface area contributed by atoms with Crippen LogP contribution in [0.3, 0.4) is 0 Å². The fourth-order valence-electron chi connectivity index (χ4n) is 3.03. The molecular formula is C19H24ClN3O2. The number of piperazine rings is 1. The molecule has 134 valence electrons. The number of rotatable bonds is 5. The van der Waals surface area contributed by atoms with Gasteiger partial charge in [-0.05, 0) is 38.1 Å². The average molecular weight is 362 g/mol. The third kappa shape index (κ3) is 4.61. The van der Waals surface area contributed by atoms with Gasteiger partial charge in [0.1, 0.15) is 0 Å². The summed E-state index contributed by atoms with van der Waals surface area (Å²) in [5.41, 5.74) is 0.930. The zero-order chi connectivity index (χ0) is 17.8. The molecule has 2 heterocycles. The average Bonchev–Trinajstić information content (AvgIpc) is 3.09. The molecule has 1 aromatic carbocycles. The fourth-order valence-corrected chi connectivity index (χ4v) is 3.16. The molecule has 0 atom stereocenters. The van der Waals surface area contributed by atoms with E-state index in [-0.39, 0.29) is 5.91 Å². The first kappa shape index (κ1) is 18.0. The Balaban J connectivity index is 1.51. The van der Waals surface area contributed by atoms with E-state index in [1.165, 1.54) is 0 Å². The number of carbonyl (C=O) groups is 1. The van der Waals surface area contributed by atoms with Gasteiger partial charge < -0.3 is 9.32 Å². The molecular weight excluding hydrogens is 338 g/mol. The van der Waals surface area contributed by atoms with Crippen LogP contribution in [0.4, 0.5) is 0 Å². The van der Waals surface area contributed by atoms with Gasteiger partial charge in [0.25, 0.3) is 0 Å². The van der Waals surface area contributed by atoms with Gasteiger partial charge in [-0.1, -0.05) is 11.6 Å². The van der Waals surface area contributed by atoms with E-state index >= 15 is 0 Å². The largest absolute Gasteiger partial charge is 0.441 e. The summed E-state index contributed by atoms with van der Waals surface area (Å²) in [6.07, 6.45) is 2.66. The van der Waals surface area contributed by atoms with Crippen LogP contribution in [0, 0.1) is 0 Å². The van der Waals surface area contributed by atoms with E-state index in [0.29, 0.717) is 35.6 Å². The highest BCUT2D eigenvalue weighted by atomic mass is 35.5. The first-order valence-electron chi connectivity index (χ1n) is 8.75. The molecule has 1 amide bonds. The van der Waals surface area contributed by atoms with Gasteiger partial charge in [-0.25, -0.2) is 4.98 Å². The topological polar surface area (TPSA) is 49.6 Å². The molecule has 0 unspecified atom stereocenters. The van der Waals surface area contributed by atoms with Gasteiger partial charge in [-0.15, -0.1) is 0 Å². The van der Waals surface area contributed by atoms with Crippen LogP contribution >= 0.6 is 11.6 Å². The summed E-state index contributed by atoms with van der Waals surface area (Å²) in [4.78, 5) is 21.0. The molecule has 1 aliphatic rings. The van der Waals surface area contributed by atoms with Gasteiger partial charge in [0, 0.05) is 55.6 Å². The summed E-state index contributed by atoms with van der Waals surface area (Å²) in [5.74, 6) is 1.47. The van der Waals surface area contributed by atoms with Crippen LogP contribution in [0.15, 0.2) is 34.9 Å². The summed E-state index contributed by atoms with van der Waals surface area (Å²) in [6, 6.07) is 7.97. The molecule has 2 aromatic rings. The molecule has 5 nitrogen and oxygen atoms in total. The number of nitrogens with zero attached hydrogens (tertiary/aromatic N) is 3. The molecule has 1 saturated heterocycles. The van der Waals surface area contributed by atoms with Gasteiger partial charge in [0.2, 0.25) is 5.91 Å². The lowest BCUT2D eigenvalue weighted by Crippen LogP contribution is -2.50. The minimum atomic E-state index is 0.176. The Bertz CT molecular complexity index is 704. The maximum absolute atomic E-state index is 12.4. The van der Waals surface area contributed by atoms with E-state index in [4.69, 9.17) is 16.0 Å². The van der Waals surface area contributed by atoms with Crippen LogP contribution in [-0.2, 0) is 11.2 Å². The number of hydrogen-bond acceptors (Lipinski definition) is 4. The molecule has 0 bridgehead atoms. The summed E-state index contributed by atoms with van der Waals surface area (Å²) in [7, 11) is 0. The molecule has 3 rings (SSSR count). The number of amides is 1. The summed E-state index contributed by atoms with van der Waals surface area (Å²) in [5, 5.41) is 0.687. The molecule has 1 fully saturated rings. The second-order valence-electron chi connectivity index (χ2n) is 6.64. The Morgan fingerprint density at radius 2 is 1.88 bits per heavy atom. The zero-order valence-electron chi connectivity index (χ0n) is 14.7. The van der Waals surface area contributed by atoms with Crippen molar-refractivity contribution in [2.45, 2.75) is 32.7 Å². The van der Waals surface area contributed by atoms with Crippen LogP contribution in [0.5, 0.6) is 0 Å². The second kappa shape index (κ2) is 8.02. The first-order valence-corrected chi connectivity index (χ1v) is 9.13. The van der Waals surface area contributed by atoms with Crippen molar-refractivity contribution in [2.75, 3.05) is 26.2 Å². The molecule has 0 N–H and O–H groups in total. The molecule has 25 heavy (non-hydrogen) atoms. The number of hydrogen-bond donors (Lipinski definition) is 0. The predicted molar refractivity (Wildman–Crippen MR) is 98.6 cm³/mol. The third-order valence-electron chi connectivity index (χ3n) is 4.63. The zero-order valence-corrected chi connectivity index (χ0v) is 15.5. The van der Waals surface area contributed by atoms with Crippen LogP contribution in [0.25, 0.3) is 11.3 Å². The third-order valence-corrected chi connectivity index (χ3v) is 4.88. The highest BCUT2D eigenvalue weighted by Gasteiger charge is 2.22. The maximum Gasteiger partial charge on any atom is 0.223 e. The predicted octanol–water partition coefficient (Wildman–Crippen LogP) is 3.48. The lowest BCUT2D eigenvalue weighted by Gasteiger charge is -2.36. The Morgan fingerprint density at radius 1 is 1.20 bits per heavy atom. The van der Waals surface area contributed by atoms with E-state index in [0.717, 1.165) is 31.7 Å². The molecule has 0 spiro atoms.